The van der Waals surface area contributed by atoms with Crippen molar-refractivity contribution in [3.63, 3.8) is 0 Å². The lowest BCUT2D eigenvalue weighted by Gasteiger charge is -2.00. The van der Waals surface area contributed by atoms with Crippen LogP contribution < -0.4 is 0 Å². The van der Waals surface area contributed by atoms with Crippen molar-refractivity contribution in [1.82, 2.24) is 0 Å². The van der Waals surface area contributed by atoms with Gasteiger partial charge < -0.3 is 9.11 Å². The molecule has 0 aliphatic carbocycles. The van der Waals surface area contributed by atoms with Crippen molar-refractivity contribution in [2.45, 2.75) is 33.1 Å². The molecule has 0 amide bonds. The van der Waals surface area contributed by atoms with Crippen molar-refractivity contribution in [3.05, 3.63) is 0 Å². The first-order valence-electron chi connectivity index (χ1n) is 4.64. The molecule has 0 bridgehead atoms. The Balaban J connectivity index is 0. The number of hydrogen-bond acceptors (Lipinski definition) is 2. The van der Waals surface area contributed by atoms with Gasteiger partial charge in [0.15, 0.2) is 0 Å². The topological polar surface area (TPSA) is 46.1 Å². The molecule has 4 heteroatoms. The van der Waals surface area contributed by atoms with E-state index in [1.165, 1.54) is 0 Å². The third-order valence-electron chi connectivity index (χ3n) is 1.28. The van der Waals surface area contributed by atoms with Gasteiger partial charge in [0.05, 0.1) is 12.5 Å². The van der Waals surface area contributed by atoms with E-state index >= 15 is 0 Å². The van der Waals surface area contributed by atoms with Gasteiger partial charge in [0.1, 0.15) is 11.5 Å². The highest BCUT2D eigenvalue weighted by atomic mass is 32.2. The van der Waals surface area contributed by atoms with E-state index in [1.54, 1.807) is 12.5 Å². The first kappa shape index (κ1) is 16.1. The molecule has 0 fully saturated rings. The van der Waals surface area contributed by atoms with E-state index in [0.29, 0.717) is 0 Å². The van der Waals surface area contributed by atoms with Crippen molar-refractivity contribution in [2.75, 3.05) is 24.0 Å². The summed E-state index contributed by atoms with van der Waals surface area (Å²) in [6.07, 6.45) is 6.75. The van der Waals surface area contributed by atoms with Crippen LogP contribution in [0.3, 0.4) is 0 Å². The summed E-state index contributed by atoms with van der Waals surface area (Å²) < 4.78 is 20.5. The fraction of sp³-hybridized carbons (Fsp3) is 1.00. The molecule has 0 heterocycles. The highest BCUT2D eigenvalue weighted by Gasteiger charge is 1.91. The van der Waals surface area contributed by atoms with E-state index in [2.05, 4.69) is 6.92 Å². The third kappa shape index (κ3) is 24.5. The largest absolute Gasteiger partial charge is 0.617 e. The Bertz CT molecular complexity index is 87.7. The molecule has 13 heavy (non-hydrogen) atoms. The van der Waals surface area contributed by atoms with Crippen LogP contribution in [0.2, 0.25) is 0 Å². The molecule has 0 saturated carbocycles. The maximum absolute atomic E-state index is 10.3. The molecular formula is C9H22O2S2. The summed E-state index contributed by atoms with van der Waals surface area (Å²) in [5.41, 5.74) is 0. The molecule has 82 valence electrons. The summed E-state index contributed by atoms with van der Waals surface area (Å²) in [4.78, 5) is 0. The zero-order valence-corrected chi connectivity index (χ0v) is 10.8. The van der Waals surface area contributed by atoms with Gasteiger partial charge in [0.2, 0.25) is 0 Å². The molecule has 0 N–H and O–H groups in total. The average molecular weight is 226 g/mol. The smallest absolute Gasteiger partial charge is 0.105 e. The van der Waals surface area contributed by atoms with E-state index in [0.717, 1.165) is 30.8 Å². The highest BCUT2D eigenvalue weighted by Crippen LogP contribution is 1.91. The monoisotopic (exact) mass is 226 g/mol. The standard InChI is InChI=1S/C5H12OS.C4H10OS/c1-3-4-5-7(2)6;1-3-4-6(2)5/h3-5H2,1-2H3;3-4H2,1-2H3. The van der Waals surface area contributed by atoms with Crippen LogP contribution in [0.4, 0.5) is 0 Å². The van der Waals surface area contributed by atoms with Crippen molar-refractivity contribution < 1.29 is 9.11 Å². The van der Waals surface area contributed by atoms with Gasteiger partial charge in [-0.15, -0.1) is 0 Å². The Kier molecular flexibility index (Phi) is 15.6. The molecule has 0 aromatic rings. The van der Waals surface area contributed by atoms with E-state index in [4.69, 9.17) is 0 Å². The predicted molar refractivity (Wildman–Crippen MR) is 63.1 cm³/mol. The van der Waals surface area contributed by atoms with Gasteiger partial charge in [-0.2, -0.15) is 0 Å². The lowest BCUT2D eigenvalue weighted by atomic mass is 10.4. The lowest BCUT2D eigenvalue weighted by Crippen LogP contribution is -2.01. The summed E-state index contributed by atoms with van der Waals surface area (Å²) in [5.74, 6) is 1.72. The quantitative estimate of drug-likeness (QED) is 0.673. The van der Waals surface area contributed by atoms with Crippen LogP contribution >= 0.6 is 0 Å². The second-order valence-corrected chi connectivity index (χ2v) is 6.02. The van der Waals surface area contributed by atoms with Crippen LogP contribution in [0.1, 0.15) is 33.1 Å². The van der Waals surface area contributed by atoms with Crippen LogP contribution in [-0.4, -0.2) is 33.1 Å². The Hall–Kier alpha value is 0.620. The first-order chi connectivity index (χ1) is 6.04. The van der Waals surface area contributed by atoms with Gasteiger partial charge in [-0.1, -0.05) is 42.6 Å². The van der Waals surface area contributed by atoms with Crippen LogP contribution in [-0.2, 0) is 22.4 Å². The summed E-state index contributed by atoms with van der Waals surface area (Å²) >= 11 is -1.13. The Morgan fingerprint density at radius 3 is 1.38 bits per heavy atom. The van der Waals surface area contributed by atoms with Gasteiger partial charge >= 0.3 is 0 Å². The number of hydrogen-bond donors (Lipinski definition) is 0. The maximum Gasteiger partial charge on any atom is 0.105 e. The van der Waals surface area contributed by atoms with Crippen molar-refractivity contribution in [3.8, 4) is 0 Å². The van der Waals surface area contributed by atoms with Gasteiger partial charge in [-0.3, -0.25) is 0 Å². The first-order valence-corrected chi connectivity index (χ1v) is 8.10. The third-order valence-corrected chi connectivity index (χ3v) is 3.12. The lowest BCUT2D eigenvalue weighted by molar-refractivity contribution is 0.597. The maximum atomic E-state index is 10.3. The Morgan fingerprint density at radius 2 is 1.31 bits per heavy atom. The molecule has 0 radical (unpaired) electrons. The Morgan fingerprint density at radius 1 is 0.846 bits per heavy atom. The van der Waals surface area contributed by atoms with Crippen molar-refractivity contribution in [1.29, 1.82) is 0 Å². The summed E-state index contributed by atoms with van der Waals surface area (Å²) in [7, 11) is 0. The fourth-order valence-corrected chi connectivity index (χ4v) is 1.91. The molecule has 2 nitrogen and oxygen atoms in total. The molecule has 2 unspecified atom stereocenters. The highest BCUT2D eigenvalue weighted by molar-refractivity contribution is 7.90. The molecule has 0 aromatic carbocycles. The van der Waals surface area contributed by atoms with Crippen LogP contribution in [0.25, 0.3) is 0 Å². The van der Waals surface area contributed by atoms with Gasteiger partial charge in [0, 0.05) is 0 Å². The molecule has 0 spiro atoms. The van der Waals surface area contributed by atoms with Crippen molar-refractivity contribution in [2.24, 2.45) is 0 Å². The summed E-state index contributed by atoms with van der Waals surface area (Å²) in [6.45, 7) is 4.13. The molecule has 0 aliphatic heterocycles. The molecule has 0 aromatic heterocycles. The normalized spacial score (nSPS) is 14.3. The zero-order chi connectivity index (χ0) is 10.7. The molecule has 0 aliphatic rings. The minimum absolute atomic E-state index is 0.565. The van der Waals surface area contributed by atoms with E-state index in [9.17, 15) is 9.11 Å². The minimum atomic E-state index is -0.566. The molecular weight excluding hydrogens is 204 g/mol. The van der Waals surface area contributed by atoms with Gasteiger partial charge in [-0.25, -0.2) is 0 Å². The summed E-state index contributed by atoms with van der Waals surface area (Å²) in [5, 5.41) is 0. The SMILES string of the molecule is CCCC[S+](C)[O-].CCC[S+](C)[O-]. The number of rotatable bonds is 5. The predicted octanol–water partition coefficient (Wildman–Crippen LogP) is 1.94. The zero-order valence-electron chi connectivity index (χ0n) is 9.17. The van der Waals surface area contributed by atoms with Crippen LogP contribution in [0.15, 0.2) is 0 Å². The van der Waals surface area contributed by atoms with Crippen LogP contribution in [0, 0.1) is 0 Å². The summed E-state index contributed by atoms with van der Waals surface area (Å²) in [6, 6.07) is 0. The second kappa shape index (κ2) is 12.6. The molecule has 0 saturated heterocycles. The average Bonchev–Trinajstić information content (AvgIpc) is 2.01. The molecule has 0 rings (SSSR count). The Labute approximate surface area is 88.9 Å². The number of unbranched alkanes of at least 4 members (excludes halogenated alkanes) is 1. The van der Waals surface area contributed by atoms with E-state index in [-0.39, 0.29) is 0 Å². The second-order valence-electron chi connectivity index (χ2n) is 2.91. The van der Waals surface area contributed by atoms with Crippen LogP contribution in [0.5, 0.6) is 0 Å². The van der Waals surface area contributed by atoms with Gasteiger partial charge in [0.25, 0.3) is 0 Å². The van der Waals surface area contributed by atoms with Gasteiger partial charge in [-0.05, 0) is 12.8 Å². The van der Waals surface area contributed by atoms with E-state index < -0.39 is 22.4 Å². The molecule has 2 atom stereocenters. The van der Waals surface area contributed by atoms with E-state index in [1.807, 2.05) is 6.92 Å². The fourth-order valence-electron chi connectivity index (χ4n) is 0.635. The minimum Gasteiger partial charge on any atom is -0.617 e. The van der Waals surface area contributed by atoms with Crippen molar-refractivity contribution >= 4 is 22.4 Å².